The van der Waals surface area contributed by atoms with Crippen LogP contribution in [0.25, 0.3) is 0 Å². The third-order valence-electron chi connectivity index (χ3n) is 4.58. The van der Waals surface area contributed by atoms with Gasteiger partial charge in [0.15, 0.2) is 0 Å². The number of carbonyl (C=O) groups is 1. The molecule has 1 aliphatic heterocycles. The van der Waals surface area contributed by atoms with Crippen molar-refractivity contribution in [1.29, 1.82) is 0 Å². The molecule has 2 aromatic rings. The van der Waals surface area contributed by atoms with Gasteiger partial charge in [-0.05, 0) is 37.3 Å². The minimum absolute atomic E-state index is 0.0381. The minimum Gasteiger partial charge on any atom is -0.336 e. The topological polar surface area (TPSA) is 42.3 Å². The van der Waals surface area contributed by atoms with Crippen molar-refractivity contribution >= 4 is 5.91 Å². The number of hydrogen-bond donors (Lipinski definition) is 0. The molecule has 2 heterocycles. The van der Waals surface area contributed by atoms with Crippen LogP contribution in [0.15, 0.2) is 53.5 Å². The molecule has 1 fully saturated rings. The number of likely N-dealkylation sites (tertiary alicyclic amines) is 1. The first-order chi connectivity index (χ1) is 11.1. The van der Waals surface area contributed by atoms with Crippen LogP contribution in [0.3, 0.4) is 0 Å². The molecule has 1 unspecified atom stereocenters. The van der Waals surface area contributed by atoms with E-state index in [1.165, 1.54) is 16.2 Å². The summed E-state index contributed by atoms with van der Waals surface area (Å²) in [6.07, 6.45) is 5.72. The van der Waals surface area contributed by atoms with Gasteiger partial charge in [0, 0.05) is 31.9 Å². The van der Waals surface area contributed by atoms with Crippen molar-refractivity contribution in [3.8, 4) is 0 Å². The maximum atomic E-state index is 12.7. The molecule has 120 valence electrons. The summed E-state index contributed by atoms with van der Waals surface area (Å²) in [6, 6.07) is 13.8. The van der Waals surface area contributed by atoms with E-state index in [0.29, 0.717) is 11.6 Å². The highest BCUT2D eigenvalue weighted by Crippen LogP contribution is 2.23. The summed E-state index contributed by atoms with van der Waals surface area (Å²) in [4.78, 5) is 26.2. The molecule has 0 saturated carbocycles. The van der Waals surface area contributed by atoms with Gasteiger partial charge in [-0.15, -0.1) is 0 Å². The van der Waals surface area contributed by atoms with Gasteiger partial charge in [-0.3, -0.25) is 9.59 Å². The normalized spacial score (nSPS) is 17.4. The van der Waals surface area contributed by atoms with E-state index in [9.17, 15) is 9.59 Å². The predicted molar refractivity (Wildman–Crippen MR) is 90.5 cm³/mol. The molecule has 0 radical (unpaired) electrons. The Morgan fingerprint density at radius 2 is 1.96 bits per heavy atom. The molecule has 0 aliphatic carbocycles. The fourth-order valence-electron chi connectivity index (χ4n) is 3.27. The number of aromatic nitrogens is 1. The van der Waals surface area contributed by atoms with Crippen molar-refractivity contribution in [3.05, 3.63) is 70.1 Å². The van der Waals surface area contributed by atoms with E-state index in [-0.39, 0.29) is 11.5 Å². The summed E-state index contributed by atoms with van der Waals surface area (Å²) < 4.78 is 1.46. The highest BCUT2D eigenvalue weighted by molar-refractivity contribution is 5.94. The molecule has 0 N–H and O–H groups in total. The zero-order chi connectivity index (χ0) is 16.2. The summed E-state index contributed by atoms with van der Waals surface area (Å²) in [5.41, 5.74) is 1.82. The second-order valence-corrected chi connectivity index (χ2v) is 6.19. The molecule has 23 heavy (non-hydrogen) atoms. The predicted octanol–water partition coefficient (Wildman–Crippen LogP) is 2.62. The lowest BCUT2D eigenvalue weighted by molar-refractivity contribution is 0.0729. The summed E-state index contributed by atoms with van der Waals surface area (Å²) in [5.74, 6) is 0.0381. The molecular weight excluding hydrogens is 288 g/mol. The average Bonchev–Trinajstić information content (AvgIpc) is 3.04. The van der Waals surface area contributed by atoms with Crippen LogP contribution in [0, 0.1) is 0 Å². The van der Waals surface area contributed by atoms with Crippen molar-refractivity contribution in [2.45, 2.75) is 31.7 Å². The van der Waals surface area contributed by atoms with Crippen LogP contribution in [0.4, 0.5) is 0 Å². The van der Waals surface area contributed by atoms with Crippen LogP contribution >= 0.6 is 0 Å². The van der Waals surface area contributed by atoms with Crippen molar-refractivity contribution < 1.29 is 4.79 Å². The highest BCUT2D eigenvalue weighted by Gasteiger charge is 2.29. The number of nitrogens with zero attached hydrogens (tertiary/aromatic N) is 2. The average molecular weight is 310 g/mol. The van der Waals surface area contributed by atoms with E-state index in [1.54, 1.807) is 19.3 Å². The molecular formula is C19H22N2O2. The van der Waals surface area contributed by atoms with Crippen molar-refractivity contribution in [1.82, 2.24) is 9.47 Å². The highest BCUT2D eigenvalue weighted by atomic mass is 16.2. The maximum Gasteiger partial charge on any atom is 0.255 e. The third-order valence-corrected chi connectivity index (χ3v) is 4.58. The number of amides is 1. The molecule has 4 heteroatoms. The zero-order valence-electron chi connectivity index (χ0n) is 13.4. The standard InChI is InChI=1S/C19H22N2O2/c1-20-14-16(10-12-18(20)22)19(23)21-13-5-8-17(21)11-9-15-6-3-2-4-7-15/h2-4,6-7,10,12,14,17H,5,8-9,11,13H2,1H3. The molecule has 1 aromatic carbocycles. The van der Waals surface area contributed by atoms with Crippen LogP contribution in [-0.4, -0.2) is 28.0 Å². The van der Waals surface area contributed by atoms with Crippen molar-refractivity contribution in [3.63, 3.8) is 0 Å². The molecule has 1 aromatic heterocycles. The molecule has 0 bridgehead atoms. The summed E-state index contributed by atoms with van der Waals surface area (Å²) in [7, 11) is 1.68. The quantitative estimate of drug-likeness (QED) is 0.871. The van der Waals surface area contributed by atoms with Crippen molar-refractivity contribution in [2.75, 3.05) is 6.54 Å². The fourth-order valence-corrected chi connectivity index (χ4v) is 3.27. The van der Waals surface area contributed by atoms with Gasteiger partial charge in [-0.25, -0.2) is 0 Å². The van der Waals surface area contributed by atoms with Crippen molar-refractivity contribution in [2.24, 2.45) is 7.05 Å². The lowest BCUT2D eigenvalue weighted by atomic mass is 10.0. The monoisotopic (exact) mass is 310 g/mol. The fraction of sp³-hybridized carbons (Fsp3) is 0.368. The first-order valence-electron chi connectivity index (χ1n) is 8.17. The van der Waals surface area contributed by atoms with E-state index >= 15 is 0 Å². The van der Waals surface area contributed by atoms with Crippen LogP contribution in [0.1, 0.15) is 35.2 Å². The lowest BCUT2D eigenvalue weighted by Crippen LogP contribution is -2.36. The number of aryl methyl sites for hydroxylation is 2. The second kappa shape index (κ2) is 6.82. The first kappa shape index (κ1) is 15.5. The van der Waals surface area contributed by atoms with E-state index in [2.05, 4.69) is 24.3 Å². The molecule has 1 atom stereocenters. The van der Waals surface area contributed by atoms with Crippen LogP contribution in [-0.2, 0) is 13.5 Å². The minimum atomic E-state index is -0.0939. The van der Waals surface area contributed by atoms with E-state index in [4.69, 9.17) is 0 Å². The summed E-state index contributed by atoms with van der Waals surface area (Å²) in [5, 5.41) is 0. The van der Waals surface area contributed by atoms with Gasteiger partial charge in [0.1, 0.15) is 0 Å². The number of benzene rings is 1. The summed E-state index contributed by atoms with van der Waals surface area (Å²) in [6.45, 7) is 0.807. The van der Waals surface area contributed by atoms with Gasteiger partial charge < -0.3 is 9.47 Å². The Balaban J connectivity index is 1.69. The second-order valence-electron chi connectivity index (χ2n) is 6.19. The van der Waals surface area contributed by atoms with Gasteiger partial charge in [0.25, 0.3) is 5.91 Å². The van der Waals surface area contributed by atoms with Gasteiger partial charge in [0.05, 0.1) is 5.56 Å². The Morgan fingerprint density at radius 1 is 1.17 bits per heavy atom. The van der Waals surface area contributed by atoms with Gasteiger partial charge >= 0.3 is 0 Å². The molecule has 1 aliphatic rings. The Morgan fingerprint density at radius 3 is 2.70 bits per heavy atom. The maximum absolute atomic E-state index is 12.7. The zero-order valence-corrected chi connectivity index (χ0v) is 13.4. The summed E-state index contributed by atoms with van der Waals surface area (Å²) >= 11 is 0. The van der Waals surface area contributed by atoms with Crippen LogP contribution in [0.2, 0.25) is 0 Å². The molecule has 1 amide bonds. The SMILES string of the molecule is Cn1cc(C(=O)N2CCCC2CCc2ccccc2)ccc1=O. The van der Waals surface area contributed by atoms with Crippen LogP contribution < -0.4 is 5.56 Å². The van der Waals surface area contributed by atoms with E-state index in [1.807, 2.05) is 11.0 Å². The molecule has 4 nitrogen and oxygen atoms in total. The van der Waals surface area contributed by atoms with Crippen LogP contribution in [0.5, 0.6) is 0 Å². The molecule has 3 rings (SSSR count). The Bertz CT molecular complexity index is 737. The van der Waals surface area contributed by atoms with Gasteiger partial charge in [-0.1, -0.05) is 30.3 Å². The third kappa shape index (κ3) is 3.52. The Kier molecular flexibility index (Phi) is 4.60. The van der Waals surface area contributed by atoms with Gasteiger partial charge in [0.2, 0.25) is 5.56 Å². The number of pyridine rings is 1. The largest absolute Gasteiger partial charge is 0.336 e. The first-order valence-corrected chi connectivity index (χ1v) is 8.17. The van der Waals surface area contributed by atoms with Gasteiger partial charge in [-0.2, -0.15) is 0 Å². The number of rotatable bonds is 4. The molecule has 0 spiro atoms. The lowest BCUT2D eigenvalue weighted by Gasteiger charge is -2.25. The molecule has 1 saturated heterocycles. The Hall–Kier alpha value is -2.36. The van der Waals surface area contributed by atoms with E-state index in [0.717, 1.165) is 32.2 Å². The number of carbonyl (C=O) groups excluding carboxylic acids is 1. The Labute approximate surface area is 136 Å². The van der Waals surface area contributed by atoms with E-state index < -0.39 is 0 Å². The number of hydrogen-bond acceptors (Lipinski definition) is 2. The smallest absolute Gasteiger partial charge is 0.255 e.